The number of quaternary nitrogens is 1. The molecule has 1 atom stereocenters. The summed E-state index contributed by atoms with van der Waals surface area (Å²) in [7, 11) is 0. The highest BCUT2D eigenvalue weighted by atomic mass is 19.4. The van der Waals surface area contributed by atoms with Gasteiger partial charge < -0.3 is 0 Å². The predicted octanol–water partition coefficient (Wildman–Crippen LogP) is 3.26. The van der Waals surface area contributed by atoms with Gasteiger partial charge in [-0.25, -0.2) is 0 Å². The van der Waals surface area contributed by atoms with E-state index in [0.717, 1.165) is 0 Å². The Labute approximate surface area is 97.3 Å². The van der Waals surface area contributed by atoms with E-state index in [1.807, 2.05) is 0 Å². The van der Waals surface area contributed by atoms with Gasteiger partial charge in [0.2, 0.25) is 6.54 Å². The van der Waals surface area contributed by atoms with Crippen molar-refractivity contribution < 1.29 is 13.2 Å². The summed E-state index contributed by atoms with van der Waals surface area (Å²) in [6.07, 6.45) is -0.263. The van der Waals surface area contributed by atoms with E-state index in [1.165, 1.54) is 6.21 Å². The van der Waals surface area contributed by atoms with Crippen molar-refractivity contribution in [2.24, 2.45) is 5.10 Å². The zero-order valence-corrected chi connectivity index (χ0v) is 9.20. The third kappa shape index (κ3) is 2.24. The fourth-order valence-corrected chi connectivity index (χ4v) is 1.86. The summed E-state index contributed by atoms with van der Waals surface area (Å²) < 4.78 is 37.5. The second kappa shape index (κ2) is 4.00. The van der Waals surface area contributed by atoms with Gasteiger partial charge in [-0.15, -0.1) is 4.59 Å². The normalized spacial score (nSPS) is 23.9. The van der Waals surface area contributed by atoms with Crippen LogP contribution in [0.4, 0.5) is 18.9 Å². The molecule has 0 saturated heterocycles. The summed E-state index contributed by atoms with van der Waals surface area (Å²) >= 11 is 0. The molecule has 0 fully saturated rings. The molecule has 0 amide bonds. The number of allylic oxidation sites excluding steroid dienone is 2. The first kappa shape index (κ1) is 11.9. The molecular formula is C12H11F3N2+. The largest absolute Gasteiger partial charge is 0.441 e. The summed E-state index contributed by atoms with van der Waals surface area (Å²) in [6, 6.07) is 8.44. The minimum absolute atomic E-state index is 0.438. The number of benzene rings is 1. The SMILES string of the molecule is CC1=[C]C=N[N+]1(CC(F)(F)F)c1ccccc1. The molecule has 2 nitrogen and oxygen atoms in total. The first-order valence-corrected chi connectivity index (χ1v) is 5.09. The van der Waals surface area contributed by atoms with E-state index >= 15 is 0 Å². The quantitative estimate of drug-likeness (QED) is 0.703. The van der Waals surface area contributed by atoms with E-state index < -0.39 is 17.3 Å². The Morgan fingerprint density at radius 1 is 1.24 bits per heavy atom. The molecule has 0 aliphatic carbocycles. The highest BCUT2D eigenvalue weighted by Gasteiger charge is 2.47. The predicted molar refractivity (Wildman–Crippen MR) is 60.1 cm³/mol. The minimum atomic E-state index is -4.29. The maximum atomic E-state index is 12.7. The molecule has 1 aliphatic rings. The van der Waals surface area contributed by atoms with Crippen LogP contribution in [0.3, 0.4) is 0 Å². The molecular weight excluding hydrogens is 229 g/mol. The molecule has 5 heteroatoms. The molecule has 0 bridgehead atoms. The van der Waals surface area contributed by atoms with Gasteiger partial charge >= 0.3 is 6.18 Å². The molecule has 1 unspecified atom stereocenters. The number of halogens is 3. The van der Waals surface area contributed by atoms with Crippen LogP contribution in [0.25, 0.3) is 0 Å². The van der Waals surface area contributed by atoms with Crippen molar-refractivity contribution in [3.63, 3.8) is 0 Å². The Morgan fingerprint density at radius 2 is 1.88 bits per heavy atom. The summed E-state index contributed by atoms with van der Waals surface area (Å²) in [4.78, 5) is 0. The van der Waals surface area contributed by atoms with Gasteiger partial charge in [0, 0.05) is 19.1 Å². The smallest absolute Gasteiger partial charge is 0.165 e. The fraction of sp³-hybridized carbons (Fsp3) is 0.250. The number of hydrogen-bond donors (Lipinski definition) is 0. The first-order chi connectivity index (χ1) is 7.94. The Kier molecular flexibility index (Phi) is 2.79. The first-order valence-electron chi connectivity index (χ1n) is 5.09. The zero-order valence-electron chi connectivity index (χ0n) is 9.20. The number of hydrogen-bond acceptors (Lipinski definition) is 1. The Balaban J connectivity index is 2.47. The van der Waals surface area contributed by atoms with E-state index in [4.69, 9.17) is 0 Å². The van der Waals surface area contributed by atoms with Gasteiger partial charge in [0.05, 0.1) is 12.3 Å². The number of alkyl halides is 3. The van der Waals surface area contributed by atoms with Crippen LogP contribution in [-0.2, 0) is 0 Å². The van der Waals surface area contributed by atoms with Gasteiger partial charge in [-0.3, -0.25) is 0 Å². The molecule has 1 aromatic carbocycles. The lowest BCUT2D eigenvalue weighted by Crippen LogP contribution is -2.47. The Bertz CT molecular complexity index is 462. The molecule has 0 spiro atoms. The van der Waals surface area contributed by atoms with Crippen molar-refractivity contribution in [1.82, 2.24) is 4.59 Å². The maximum absolute atomic E-state index is 12.7. The highest BCUT2D eigenvalue weighted by molar-refractivity contribution is 5.73. The van der Waals surface area contributed by atoms with Gasteiger partial charge in [0.25, 0.3) is 0 Å². The lowest BCUT2D eigenvalue weighted by atomic mass is 10.2. The van der Waals surface area contributed by atoms with Gasteiger partial charge in [-0.1, -0.05) is 23.3 Å². The van der Waals surface area contributed by atoms with Crippen LogP contribution in [0.15, 0.2) is 41.1 Å². The minimum Gasteiger partial charge on any atom is -0.165 e. The lowest BCUT2D eigenvalue weighted by Gasteiger charge is -2.29. The Hall–Kier alpha value is -1.62. The molecule has 1 aromatic rings. The van der Waals surface area contributed by atoms with E-state index in [9.17, 15) is 13.2 Å². The zero-order chi connectivity index (χ0) is 12.5. The van der Waals surface area contributed by atoms with Crippen molar-refractivity contribution in [3.8, 4) is 0 Å². The molecule has 89 valence electrons. The summed E-state index contributed by atoms with van der Waals surface area (Å²) in [5, 5.41) is 3.95. The van der Waals surface area contributed by atoms with Crippen LogP contribution >= 0.6 is 0 Å². The molecule has 2 rings (SSSR count). The molecule has 0 aromatic heterocycles. The monoisotopic (exact) mass is 240 g/mol. The molecule has 0 saturated carbocycles. The third-order valence-corrected chi connectivity index (χ3v) is 2.67. The standard InChI is InChI=1S/C12H11F3N2/c1-10-7-8-16-17(10,9-12(13,14)15)11-5-3-2-4-6-11/h2-6,8H,9H2,1H3/q+1. The van der Waals surface area contributed by atoms with Gasteiger partial charge in [-0.05, 0) is 0 Å². The van der Waals surface area contributed by atoms with E-state index in [2.05, 4.69) is 11.2 Å². The summed E-state index contributed by atoms with van der Waals surface area (Å²) in [5.41, 5.74) is 0.928. The average molecular weight is 240 g/mol. The van der Waals surface area contributed by atoms with Gasteiger partial charge in [0.15, 0.2) is 5.69 Å². The topological polar surface area (TPSA) is 12.4 Å². The van der Waals surface area contributed by atoms with Crippen molar-refractivity contribution in [1.29, 1.82) is 0 Å². The van der Waals surface area contributed by atoms with Crippen molar-refractivity contribution in [2.75, 3.05) is 6.54 Å². The maximum Gasteiger partial charge on any atom is 0.441 e. The number of rotatable bonds is 2. The lowest BCUT2D eigenvalue weighted by molar-refractivity contribution is -0.140. The van der Waals surface area contributed by atoms with Crippen LogP contribution in [0.5, 0.6) is 0 Å². The van der Waals surface area contributed by atoms with Gasteiger partial charge in [0.1, 0.15) is 5.70 Å². The number of nitrogens with zero attached hydrogens (tertiary/aromatic N) is 2. The molecule has 17 heavy (non-hydrogen) atoms. The summed E-state index contributed by atoms with van der Waals surface area (Å²) in [6.45, 7) is 0.554. The second-order valence-electron chi connectivity index (χ2n) is 3.85. The van der Waals surface area contributed by atoms with Crippen LogP contribution in [0, 0.1) is 6.08 Å². The average Bonchev–Trinajstić information content (AvgIpc) is 2.60. The van der Waals surface area contributed by atoms with Crippen LogP contribution in [0.2, 0.25) is 0 Å². The van der Waals surface area contributed by atoms with E-state index in [-0.39, 0.29) is 0 Å². The van der Waals surface area contributed by atoms with Crippen LogP contribution in [-0.4, -0.2) is 18.9 Å². The van der Waals surface area contributed by atoms with Crippen molar-refractivity contribution in [3.05, 3.63) is 42.1 Å². The summed E-state index contributed by atoms with van der Waals surface area (Å²) in [5.74, 6) is 0. The molecule has 1 heterocycles. The van der Waals surface area contributed by atoms with Crippen molar-refractivity contribution in [2.45, 2.75) is 13.1 Å². The molecule has 1 radical (unpaired) electrons. The number of para-hydroxylation sites is 1. The second-order valence-corrected chi connectivity index (χ2v) is 3.85. The third-order valence-electron chi connectivity index (χ3n) is 2.67. The van der Waals surface area contributed by atoms with Crippen molar-refractivity contribution >= 4 is 11.9 Å². The molecule has 1 aliphatic heterocycles. The van der Waals surface area contributed by atoms with E-state index in [0.29, 0.717) is 11.4 Å². The van der Waals surface area contributed by atoms with Gasteiger partial charge in [-0.2, -0.15) is 13.2 Å². The van der Waals surface area contributed by atoms with E-state index in [1.54, 1.807) is 37.3 Å². The van der Waals surface area contributed by atoms with Crippen LogP contribution < -0.4 is 4.59 Å². The highest BCUT2D eigenvalue weighted by Crippen LogP contribution is 2.35. The molecule has 0 N–H and O–H groups in total. The fourth-order valence-electron chi connectivity index (χ4n) is 1.86. The van der Waals surface area contributed by atoms with Crippen LogP contribution in [0.1, 0.15) is 6.92 Å². The Morgan fingerprint density at radius 3 is 2.35 bits per heavy atom.